The summed E-state index contributed by atoms with van der Waals surface area (Å²) in [5.41, 5.74) is 0.660. The Morgan fingerprint density at radius 1 is 1.35 bits per heavy atom. The standard InChI is InChI=1S/C13H11Cl2N3O2/c1-2-20-11-4-3-8(5-9(11)14)17-13(19)10-6-16-7-12(15)18-10/h3-7H,2H2,1H3,(H,17,19). The lowest BCUT2D eigenvalue weighted by Gasteiger charge is -2.08. The molecule has 0 unspecified atom stereocenters. The third-order valence-corrected chi connectivity index (χ3v) is 2.80. The smallest absolute Gasteiger partial charge is 0.275 e. The highest BCUT2D eigenvalue weighted by Crippen LogP contribution is 2.27. The van der Waals surface area contributed by atoms with Crippen LogP contribution < -0.4 is 10.1 Å². The van der Waals surface area contributed by atoms with E-state index in [1.165, 1.54) is 12.4 Å². The number of nitrogens with zero attached hydrogens (tertiary/aromatic N) is 2. The van der Waals surface area contributed by atoms with Crippen molar-refractivity contribution >= 4 is 34.8 Å². The van der Waals surface area contributed by atoms with E-state index in [0.717, 1.165) is 0 Å². The molecule has 0 atom stereocenters. The Balaban J connectivity index is 2.14. The Hall–Kier alpha value is -1.85. The first-order chi connectivity index (χ1) is 9.60. The molecular formula is C13H11Cl2N3O2. The minimum absolute atomic E-state index is 0.127. The van der Waals surface area contributed by atoms with E-state index in [9.17, 15) is 4.79 Å². The van der Waals surface area contributed by atoms with Crippen LogP contribution in [0.4, 0.5) is 5.69 Å². The van der Waals surface area contributed by atoms with Gasteiger partial charge < -0.3 is 10.1 Å². The number of hydrogen-bond acceptors (Lipinski definition) is 4. The fourth-order valence-corrected chi connectivity index (χ4v) is 1.88. The average Bonchev–Trinajstić information content (AvgIpc) is 2.42. The Morgan fingerprint density at radius 3 is 2.80 bits per heavy atom. The third kappa shape index (κ3) is 3.59. The van der Waals surface area contributed by atoms with Crippen LogP contribution >= 0.6 is 23.2 Å². The van der Waals surface area contributed by atoms with Crippen molar-refractivity contribution in [2.45, 2.75) is 6.92 Å². The Labute approximate surface area is 125 Å². The van der Waals surface area contributed by atoms with Crippen LogP contribution in [0.3, 0.4) is 0 Å². The summed E-state index contributed by atoms with van der Waals surface area (Å²) in [4.78, 5) is 19.6. The number of nitrogens with one attached hydrogen (secondary N) is 1. The third-order valence-electron chi connectivity index (χ3n) is 2.33. The normalized spacial score (nSPS) is 10.2. The van der Waals surface area contributed by atoms with Crippen LogP contribution in [0.15, 0.2) is 30.6 Å². The quantitative estimate of drug-likeness (QED) is 0.939. The summed E-state index contributed by atoms with van der Waals surface area (Å²) >= 11 is 11.7. The summed E-state index contributed by atoms with van der Waals surface area (Å²) in [6.07, 6.45) is 2.68. The second kappa shape index (κ2) is 6.54. The van der Waals surface area contributed by atoms with Crippen molar-refractivity contribution in [2.24, 2.45) is 0 Å². The molecule has 7 heteroatoms. The van der Waals surface area contributed by atoms with Gasteiger partial charge in [0.1, 0.15) is 16.6 Å². The van der Waals surface area contributed by atoms with Crippen molar-refractivity contribution in [3.63, 3.8) is 0 Å². The molecule has 5 nitrogen and oxygen atoms in total. The average molecular weight is 312 g/mol. The lowest BCUT2D eigenvalue weighted by Crippen LogP contribution is -2.14. The number of carbonyl (C=O) groups is 1. The van der Waals surface area contributed by atoms with E-state index >= 15 is 0 Å². The van der Waals surface area contributed by atoms with E-state index in [2.05, 4.69) is 15.3 Å². The lowest BCUT2D eigenvalue weighted by atomic mass is 10.3. The highest BCUT2D eigenvalue weighted by Gasteiger charge is 2.10. The SMILES string of the molecule is CCOc1ccc(NC(=O)c2cncc(Cl)n2)cc1Cl. The van der Waals surface area contributed by atoms with E-state index < -0.39 is 5.91 Å². The van der Waals surface area contributed by atoms with Gasteiger partial charge in [-0.05, 0) is 25.1 Å². The first-order valence-electron chi connectivity index (χ1n) is 5.81. The molecule has 2 rings (SSSR count). The summed E-state index contributed by atoms with van der Waals surface area (Å²) in [7, 11) is 0. The Bertz CT molecular complexity index is 635. The van der Waals surface area contributed by atoms with Gasteiger partial charge in [-0.15, -0.1) is 0 Å². The molecule has 0 saturated heterocycles. The molecule has 1 heterocycles. The van der Waals surface area contributed by atoms with Crippen LogP contribution in [0.2, 0.25) is 10.2 Å². The Kier molecular flexibility index (Phi) is 4.76. The van der Waals surface area contributed by atoms with Gasteiger partial charge in [0.15, 0.2) is 0 Å². The second-order valence-electron chi connectivity index (χ2n) is 3.76. The number of carbonyl (C=O) groups excluding carboxylic acids is 1. The molecule has 0 saturated carbocycles. The first-order valence-corrected chi connectivity index (χ1v) is 6.57. The predicted octanol–water partition coefficient (Wildman–Crippen LogP) is 3.43. The molecule has 1 aromatic heterocycles. The van der Waals surface area contributed by atoms with Crippen LogP contribution in [0.25, 0.3) is 0 Å². The summed E-state index contributed by atoms with van der Waals surface area (Å²) in [6, 6.07) is 4.97. The van der Waals surface area contributed by atoms with Crippen molar-refractivity contribution < 1.29 is 9.53 Å². The number of ether oxygens (including phenoxy) is 1. The molecule has 0 spiro atoms. The Morgan fingerprint density at radius 2 is 2.15 bits per heavy atom. The van der Waals surface area contributed by atoms with Gasteiger partial charge in [-0.3, -0.25) is 9.78 Å². The first kappa shape index (κ1) is 14.6. The van der Waals surface area contributed by atoms with Gasteiger partial charge in [0, 0.05) is 5.69 Å². The molecule has 104 valence electrons. The highest BCUT2D eigenvalue weighted by molar-refractivity contribution is 6.32. The number of anilines is 1. The molecule has 20 heavy (non-hydrogen) atoms. The van der Waals surface area contributed by atoms with Crippen LogP contribution in [0.1, 0.15) is 17.4 Å². The molecule has 0 fully saturated rings. The maximum Gasteiger partial charge on any atom is 0.275 e. The second-order valence-corrected chi connectivity index (χ2v) is 4.55. The van der Waals surface area contributed by atoms with Gasteiger partial charge in [0.2, 0.25) is 0 Å². The molecular weight excluding hydrogens is 301 g/mol. The topological polar surface area (TPSA) is 64.1 Å². The minimum atomic E-state index is -0.416. The van der Waals surface area contributed by atoms with Crippen LogP contribution in [0.5, 0.6) is 5.75 Å². The maximum atomic E-state index is 11.9. The van der Waals surface area contributed by atoms with E-state index in [1.54, 1.807) is 18.2 Å². The molecule has 0 aliphatic carbocycles. The monoisotopic (exact) mass is 311 g/mol. The number of benzene rings is 1. The minimum Gasteiger partial charge on any atom is -0.492 e. The molecule has 0 aliphatic heterocycles. The van der Waals surface area contributed by atoms with Gasteiger partial charge in [-0.2, -0.15) is 0 Å². The van der Waals surface area contributed by atoms with Crippen LogP contribution in [-0.2, 0) is 0 Å². The number of halogens is 2. The predicted molar refractivity (Wildman–Crippen MR) is 77.6 cm³/mol. The van der Waals surface area contributed by atoms with E-state index in [0.29, 0.717) is 23.1 Å². The lowest BCUT2D eigenvalue weighted by molar-refractivity contribution is 0.102. The number of aromatic nitrogens is 2. The van der Waals surface area contributed by atoms with Crippen LogP contribution in [-0.4, -0.2) is 22.5 Å². The molecule has 2 aromatic rings. The van der Waals surface area contributed by atoms with Gasteiger partial charge in [-0.1, -0.05) is 23.2 Å². The summed E-state index contributed by atoms with van der Waals surface area (Å²) < 4.78 is 5.31. The molecule has 0 aliphatic rings. The largest absolute Gasteiger partial charge is 0.492 e. The fraction of sp³-hybridized carbons (Fsp3) is 0.154. The fourth-order valence-electron chi connectivity index (χ4n) is 1.50. The molecule has 1 N–H and O–H groups in total. The van der Waals surface area contributed by atoms with E-state index in [1.807, 2.05) is 6.92 Å². The van der Waals surface area contributed by atoms with Crippen molar-refractivity contribution in [3.05, 3.63) is 46.5 Å². The highest BCUT2D eigenvalue weighted by atomic mass is 35.5. The van der Waals surface area contributed by atoms with Crippen LogP contribution in [0, 0.1) is 0 Å². The summed E-state index contributed by atoms with van der Waals surface area (Å²) in [6.45, 7) is 2.38. The molecule has 1 amide bonds. The van der Waals surface area contributed by atoms with Crippen molar-refractivity contribution in [1.82, 2.24) is 9.97 Å². The van der Waals surface area contributed by atoms with E-state index in [4.69, 9.17) is 27.9 Å². The molecule has 1 aromatic carbocycles. The molecule has 0 radical (unpaired) electrons. The zero-order valence-corrected chi connectivity index (χ0v) is 12.1. The zero-order valence-electron chi connectivity index (χ0n) is 10.6. The number of rotatable bonds is 4. The van der Waals surface area contributed by atoms with Crippen molar-refractivity contribution in [1.29, 1.82) is 0 Å². The van der Waals surface area contributed by atoms with Crippen molar-refractivity contribution in [2.75, 3.05) is 11.9 Å². The zero-order chi connectivity index (χ0) is 14.5. The van der Waals surface area contributed by atoms with Gasteiger partial charge >= 0.3 is 0 Å². The molecule has 0 bridgehead atoms. The summed E-state index contributed by atoms with van der Waals surface area (Å²) in [5.74, 6) is 0.148. The van der Waals surface area contributed by atoms with E-state index in [-0.39, 0.29) is 10.8 Å². The van der Waals surface area contributed by atoms with Gasteiger partial charge in [-0.25, -0.2) is 4.98 Å². The summed E-state index contributed by atoms with van der Waals surface area (Å²) in [5, 5.41) is 3.23. The number of hydrogen-bond donors (Lipinski definition) is 1. The van der Waals surface area contributed by atoms with Gasteiger partial charge in [0.05, 0.1) is 24.0 Å². The van der Waals surface area contributed by atoms with Crippen molar-refractivity contribution in [3.8, 4) is 5.75 Å². The number of amides is 1. The van der Waals surface area contributed by atoms with Gasteiger partial charge in [0.25, 0.3) is 5.91 Å². The maximum absolute atomic E-state index is 11.9.